The maximum Gasteiger partial charge on any atom is 0.158 e. The highest BCUT2D eigenvalue weighted by atomic mass is 32.2. The van der Waals surface area contributed by atoms with Crippen LogP contribution in [0.3, 0.4) is 0 Å². The number of pyridine rings is 1. The normalized spacial score (nSPS) is 23.1. The third kappa shape index (κ3) is 4.22. The fourth-order valence-corrected chi connectivity index (χ4v) is 7.42. The molecular weight excluding hydrogens is 472 g/mol. The third-order valence-corrected chi connectivity index (χ3v) is 9.86. The van der Waals surface area contributed by atoms with Crippen LogP contribution in [-0.2, 0) is 9.84 Å². The van der Waals surface area contributed by atoms with Crippen molar-refractivity contribution in [3.63, 3.8) is 0 Å². The third-order valence-electron chi connectivity index (χ3n) is 8.25. The molecule has 0 atom stereocenters. The Kier molecular flexibility index (Phi) is 5.87. The number of aromatic amines is 1. The molecule has 36 heavy (non-hydrogen) atoms. The van der Waals surface area contributed by atoms with Crippen LogP contribution in [0.2, 0.25) is 0 Å². The molecule has 3 aromatic heterocycles. The molecule has 1 saturated heterocycles. The monoisotopic (exact) mass is 506 g/mol. The molecule has 2 aliphatic rings. The number of benzene rings is 1. The quantitative estimate of drug-likeness (QED) is 0.439. The van der Waals surface area contributed by atoms with E-state index in [0.717, 1.165) is 48.0 Å². The fraction of sp³-hybridized carbons (Fsp3) is 0.519. The zero-order valence-corrected chi connectivity index (χ0v) is 22.1. The molecule has 1 aliphatic heterocycles. The van der Waals surface area contributed by atoms with E-state index < -0.39 is 9.84 Å². The van der Waals surface area contributed by atoms with Gasteiger partial charge in [-0.25, -0.2) is 17.9 Å². The van der Waals surface area contributed by atoms with Gasteiger partial charge in [-0.2, -0.15) is 10.2 Å². The molecular formula is C27H34N6O2S. The highest BCUT2D eigenvalue weighted by molar-refractivity contribution is 7.91. The Morgan fingerprint density at radius 2 is 1.81 bits per heavy atom. The SMILES string of the molecule is Cc1cc(-c2cc3n[nH]c(C4CCC(N5CCS(=O)(=O)CC5)CC4)c3cc2C(C)C)cn2ncnc12. The minimum absolute atomic E-state index is 0.307. The van der Waals surface area contributed by atoms with Gasteiger partial charge in [0.25, 0.3) is 0 Å². The molecule has 4 heterocycles. The summed E-state index contributed by atoms with van der Waals surface area (Å²) in [5.41, 5.74) is 7.88. The highest BCUT2D eigenvalue weighted by Gasteiger charge is 2.32. The molecule has 1 aliphatic carbocycles. The predicted octanol–water partition coefficient (Wildman–Crippen LogP) is 4.46. The van der Waals surface area contributed by atoms with Crippen LogP contribution in [0.4, 0.5) is 0 Å². The summed E-state index contributed by atoms with van der Waals surface area (Å²) >= 11 is 0. The number of aromatic nitrogens is 5. The van der Waals surface area contributed by atoms with Gasteiger partial charge in [-0.1, -0.05) is 13.8 Å². The Balaban J connectivity index is 1.28. The zero-order valence-electron chi connectivity index (χ0n) is 21.2. The molecule has 190 valence electrons. The van der Waals surface area contributed by atoms with Crippen LogP contribution in [0.15, 0.2) is 30.7 Å². The van der Waals surface area contributed by atoms with Crippen LogP contribution in [0, 0.1) is 6.92 Å². The molecule has 0 unspecified atom stereocenters. The first-order valence-electron chi connectivity index (χ1n) is 13.1. The van der Waals surface area contributed by atoms with Gasteiger partial charge >= 0.3 is 0 Å². The predicted molar refractivity (Wildman–Crippen MR) is 142 cm³/mol. The number of hydrogen-bond acceptors (Lipinski definition) is 6. The van der Waals surface area contributed by atoms with E-state index in [2.05, 4.69) is 65.2 Å². The van der Waals surface area contributed by atoms with Gasteiger partial charge in [-0.15, -0.1) is 0 Å². The standard InChI is InChI=1S/C27H34N6O2S/c1-17(2)22-13-24-25(14-23(22)20-12-18(3)27-28-16-29-33(27)15-20)30-31-26(24)19-4-6-21(7-5-19)32-8-10-36(34,35)11-9-32/h12-17,19,21H,4-11H2,1-3H3,(H,30,31). The number of fused-ring (bicyclic) bond motifs is 2. The maximum absolute atomic E-state index is 11.8. The molecule has 0 radical (unpaired) electrons. The second-order valence-corrected chi connectivity index (χ2v) is 13.2. The van der Waals surface area contributed by atoms with Gasteiger partial charge in [-0.3, -0.25) is 10.00 Å². The number of nitrogens with zero attached hydrogens (tertiary/aromatic N) is 5. The Labute approximate surface area is 212 Å². The number of nitrogens with one attached hydrogen (secondary N) is 1. The number of rotatable bonds is 4. The average Bonchev–Trinajstić information content (AvgIpc) is 3.50. The zero-order chi connectivity index (χ0) is 25.0. The lowest BCUT2D eigenvalue weighted by molar-refractivity contribution is 0.160. The topological polar surface area (TPSA) is 96.2 Å². The number of H-pyrrole nitrogens is 1. The van der Waals surface area contributed by atoms with Gasteiger partial charge in [0.15, 0.2) is 15.5 Å². The number of sulfone groups is 1. The summed E-state index contributed by atoms with van der Waals surface area (Å²) in [7, 11) is -2.83. The largest absolute Gasteiger partial charge is 0.298 e. The molecule has 6 rings (SSSR count). The van der Waals surface area contributed by atoms with Crippen LogP contribution in [-0.4, -0.2) is 68.8 Å². The summed E-state index contributed by atoms with van der Waals surface area (Å²) < 4.78 is 25.5. The van der Waals surface area contributed by atoms with E-state index in [-0.39, 0.29) is 0 Å². The first-order valence-corrected chi connectivity index (χ1v) is 14.9. The molecule has 0 spiro atoms. The fourth-order valence-electron chi connectivity index (χ4n) is 6.20. The van der Waals surface area contributed by atoms with Gasteiger partial charge < -0.3 is 0 Å². The number of aryl methyl sites for hydroxylation is 1. The second kappa shape index (κ2) is 8.95. The van der Waals surface area contributed by atoms with Crippen molar-refractivity contribution < 1.29 is 8.42 Å². The first-order chi connectivity index (χ1) is 17.3. The molecule has 1 saturated carbocycles. The molecule has 0 bridgehead atoms. The molecule has 4 aromatic rings. The summed E-state index contributed by atoms with van der Waals surface area (Å²) in [5, 5.41) is 13.7. The Morgan fingerprint density at radius 1 is 1.06 bits per heavy atom. The van der Waals surface area contributed by atoms with E-state index in [4.69, 9.17) is 5.10 Å². The van der Waals surface area contributed by atoms with E-state index in [9.17, 15) is 8.42 Å². The van der Waals surface area contributed by atoms with Gasteiger partial charge in [0.05, 0.1) is 17.0 Å². The average molecular weight is 507 g/mol. The molecule has 8 nitrogen and oxygen atoms in total. The lowest BCUT2D eigenvalue weighted by Crippen LogP contribution is -2.47. The smallest absolute Gasteiger partial charge is 0.158 e. The Bertz CT molecular complexity index is 1510. The van der Waals surface area contributed by atoms with Crippen molar-refractivity contribution in [2.45, 2.75) is 64.3 Å². The van der Waals surface area contributed by atoms with Crippen molar-refractivity contribution in [3.8, 4) is 11.1 Å². The second-order valence-electron chi connectivity index (χ2n) is 10.9. The molecule has 2 fully saturated rings. The molecule has 9 heteroatoms. The van der Waals surface area contributed by atoms with E-state index in [1.165, 1.54) is 22.2 Å². The van der Waals surface area contributed by atoms with Crippen molar-refractivity contribution in [1.82, 2.24) is 29.7 Å². The van der Waals surface area contributed by atoms with Gasteiger partial charge in [-0.05, 0) is 73.4 Å². The van der Waals surface area contributed by atoms with Gasteiger partial charge in [0.1, 0.15) is 6.33 Å². The first kappa shape index (κ1) is 23.6. The molecule has 1 N–H and O–H groups in total. The summed E-state index contributed by atoms with van der Waals surface area (Å²) in [4.78, 5) is 6.76. The van der Waals surface area contributed by atoms with Crippen molar-refractivity contribution >= 4 is 26.4 Å². The van der Waals surface area contributed by atoms with Crippen molar-refractivity contribution in [3.05, 3.63) is 47.5 Å². The van der Waals surface area contributed by atoms with Crippen LogP contribution in [0.1, 0.15) is 68.2 Å². The van der Waals surface area contributed by atoms with E-state index in [1.807, 2.05) is 4.52 Å². The molecule has 1 aromatic carbocycles. The van der Waals surface area contributed by atoms with Crippen LogP contribution in [0.5, 0.6) is 0 Å². The summed E-state index contributed by atoms with van der Waals surface area (Å²) in [6, 6.07) is 7.26. The van der Waals surface area contributed by atoms with E-state index in [1.54, 1.807) is 6.33 Å². The van der Waals surface area contributed by atoms with Gasteiger partial charge in [0, 0.05) is 47.9 Å². The molecule has 0 amide bonds. The van der Waals surface area contributed by atoms with Gasteiger partial charge in [0.2, 0.25) is 0 Å². The van der Waals surface area contributed by atoms with Crippen LogP contribution < -0.4 is 0 Å². The minimum Gasteiger partial charge on any atom is -0.298 e. The number of hydrogen-bond donors (Lipinski definition) is 1. The summed E-state index contributed by atoms with van der Waals surface area (Å²) in [5.74, 6) is 1.44. The lowest BCUT2D eigenvalue weighted by atomic mass is 9.82. The van der Waals surface area contributed by atoms with E-state index in [0.29, 0.717) is 42.5 Å². The van der Waals surface area contributed by atoms with Crippen molar-refractivity contribution in [1.29, 1.82) is 0 Å². The lowest BCUT2D eigenvalue weighted by Gasteiger charge is -2.38. The van der Waals surface area contributed by atoms with Crippen LogP contribution >= 0.6 is 0 Å². The maximum atomic E-state index is 11.8. The van der Waals surface area contributed by atoms with Crippen molar-refractivity contribution in [2.75, 3.05) is 24.6 Å². The van der Waals surface area contributed by atoms with Crippen LogP contribution in [0.25, 0.3) is 27.7 Å². The minimum atomic E-state index is -2.83. The van der Waals surface area contributed by atoms with Crippen molar-refractivity contribution in [2.24, 2.45) is 0 Å². The summed E-state index contributed by atoms with van der Waals surface area (Å²) in [6.45, 7) is 7.94. The Hall–Kier alpha value is -2.78. The summed E-state index contributed by atoms with van der Waals surface area (Å²) in [6.07, 6.45) is 8.08. The highest BCUT2D eigenvalue weighted by Crippen LogP contribution is 2.40. The Morgan fingerprint density at radius 3 is 2.53 bits per heavy atom. The van der Waals surface area contributed by atoms with E-state index >= 15 is 0 Å².